The van der Waals surface area contributed by atoms with Gasteiger partial charge in [-0.15, -0.1) is 0 Å². The number of halogens is 9. The van der Waals surface area contributed by atoms with E-state index in [9.17, 15) is 59.3 Å². The fourth-order valence-electron chi connectivity index (χ4n) is 1.98. The van der Waals surface area contributed by atoms with Crippen molar-refractivity contribution in [2.75, 3.05) is 0 Å². The number of benzene rings is 1. The lowest BCUT2D eigenvalue weighted by Gasteiger charge is -2.34. The molecular formula is C15H11F9O5. The molecule has 0 spiro atoms. The minimum absolute atomic E-state index is 0.00290. The highest BCUT2D eigenvalue weighted by Gasteiger charge is 2.71. The average Bonchev–Trinajstić information content (AvgIpc) is 2.50. The molecule has 1 unspecified atom stereocenters. The van der Waals surface area contributed by atoms with Gasteiger partial charge in [0.2, 0.25) is 5.78 Å². The smallest absolute Gasteiger partial charge is 0.421 e. The van der Waals surface area contributed by atoms with Gasteiger partial charge in [0.05, 0.1) is 0 Å². The van der Waals surface area contributed by atoms with Crippen LogP contribution >= 0.6 is 0 Å². The zero-order valence-corrected chi connectivity index (χ0v) is 14.3. The Morgan fingerprint density at radius 1 is 0.793 bits per heavy atom. The van der Waals surface area contributed by atoms with Gasteiger partial charge in [0.25, 0.3) is 5.60 Å². The molecule has 0 amide bonds. The number of ether oxygens (including phenoxy) is 1. The van der Waals surface area contributed by atoms with Crippen molar-refractivity contribution in [3.63, 3.8) is 0 Å². The molecule has 0 heterocycles. The fourth-order valence-corrected chi connectivity index (χ4v) is 1.98. The van der Waals surface area contributed by atoms with E-state index in [-0.39, 0.29) is 25.1 Å². The van der Waals surface area contributed by atoms with Gasteiger partial charge < -0.3 is 14.9 Å². The van der Waals surface area contributed by atoms with Crippen LogP contribution in [0.1, 0.15) is 25.0 Å². The quantitative estimate of drug-likeness (QED) is 0.324. The van der Waals surface area contributed by atoms with Crippen molar-refractivity contribution >= 4 is 11.8 Å². The van der Waals surface area contributed by atoms with Crippen molar-refractivity contribution in [2.24, 2.45) is 0 Å². The highest BCUT2D eigenvalue weighted by molar-refractivity contribution is 6.33. The second-order valence-electron chi connectivity index (χ2n) is 5.97. The van der Waals surface area contributed by atoms with Crippen molar-refractivity contribution in [1.29, 1.82) is 0 Å². The molecule has 0 saturated heterocycles. The Kier molecular flexibility index (Phi) is 6.10. The van der Waals surface area contributed by atoms with E-state index in [2.05, 4.69) is 4.74 Å². The summed E-state index contributed by atoms with van der Waals surface area (Å²) in [6, 6.07) is -0.512. The first kappa shape index (κ1) is 24.7. The number of alkyl halides is 9. The predicted molar refractivity (Wildman–Crippen MR) is 74.4 cm³/mol. The van der Waals surface area contributed by atoms with Crippen LogP contribution in [-0.2, 0) is 20.8 Å². The van der Waals surface area contributed by atoms with Gasteiger partial charge >= 0.3 is 24.5 Å². The van der Waals surface area contributed by atoms with E-state index in [1.165, 1.54) is 0 Å². The summed E-state index contributed by atoms with van der Waals surface area (Å²) < 4.78 is 122. The molecule has 0 aliphatic carbocycles. The topological polar surface area (TPSA) is 83.8 Å². The van der Waals surface area contributed by atoms with Crippen LogP contribution in [0.5, 0.6) is 5.75 Å². The number of aliphatic hydroxyl groups is 2. The highest BCUT2D eigenvalue weighted by atomic mass is 19.4. The van der Waals surface area contributed by atoms with Crippen molar-refractivity contribution in [2.45, 2.75) is 43.6 Å². The van der Waals surface area contributed by atoms with Crippen molar-refractivity contribution in [1.82, 2.24) is 0 Å². The Hall–Kier alpha value is -2.35. The van der Waals surface area contributed by atoms with E-state index < -0.39 is 58.4 Å². The monoisotopic (exact) mass is 442 g/mol. The van der Waals surface area contributed by atoms with Gasteiger partial charge in [-0.3, -0.25) is 4.79 Å². The fraction of sp³-hybridized carbons (Fsp3) is 0.467. The number of Topliss-reactive ketones (excluding diaryl/α,β-unsaturated/α-hetero) is 1. The maximum Gasteiger partial charge on any atom is 0.430 e. The molecule has 0 fully saturated rings. The molecule has 0 aliphatic rings. The van der Waals surface area contributed by atoms with Gasteiger partial charge in [-0.1, -0.05) is 0 Å². The molecule has 1 atom stereocenters. The Morgan fingerprint density at radius 2 is 1.21 bits per heavy atom. The maximum absolute atomic E-state index is 13.1. The third kappa shape index (κ3) is 4.47. The molecule has 1 rings (SSSR count). The first-order valence-electron chi connectivity index (χ1n) is 7.20. The molecule has 0 radical (unpaired) electrons. The van der Waals surface area contributed by atoms with Crippen LogP contribution in [0, 0.1) is 0 Å². The van der Waals surface area contributed by atoms with Crippen LogP contribution in [0.2, 0.25) is 0 Å². The van der Waals surface area contributed by atoms with Crippen molar-refractivity contribution in [3.05, 3.63) is 29.3 Å². The van der Waals surface area contributed by atoms with Crippen LogP contribution in [-0.4, -0.2) is 40.5 Å². The molecule has 29 heavy (non-hydrogen) atoms. The Labute approximate surface area is 155 Å². The predicted octanol–water partition coefficient (Wildman–Crippen LogP) is 3.26. The molecule has 0 aromatic heterocycles. The zero-order valence-electron chi connectivity index (χ0n) is 14.3. The zero-order chi connectivity index (χ0) is 23.2. The molecule has 1 aromatic rings. The van der Waals surface area contributed by atoms with Crippen LogP contribution < -0.4 is 4.74 Å². The SMILES string of the molecule is CC(=O)C(=O)Oc1cc(C(C)(O)C(F)(F)F)cc(C(O)(C(F)(F)F)C(F)(F)F)c1. The molecule has 5 nitrogen and oxygen atoms in total. The van der Waals surface area contributed by atoms with Gasteiger partial charge in [-0.2, -0.15) is 39.5 Å². The summed E-state index contributed by atoms with van der Waals surface area (Å²) in [6.45, 7) is 0.601. The minimum atomic E-state index is -6.48. The van der Waals surface area contributed by atoms with Gasteiger partial charge in [-0.05, 0) is 30.7 Å². The van der Waals surface area contributed by atoms with E-state index in [4.69, 9.17) is 0 Å². The third-order valence-corrected chi connectivity index (χ3v) is 3.76. The number of hydrogen-bond acceptors (Lipinski definition) is 5. The number of ketones is 1. The van der Waals surface area contributed by atoms with Crippen LogP contribution in [0.15, 0.2) is 18.2 Å². The summed E-state index contributed by atoms with van der Waals surface area (Å²) in [5.41, 5.74) is -13.6. The summed E-state index contributed by atoms with van der Waals surface area (Å²) in [7, 11) is 0. The molecule has 0 bridgehead atoms. The molecule has 164 valence electrons. The highest BCUT2D eigenvalue weighted by Crippen LogP contribution is 2.51. The van der Waals surface area contributed by atoms with E-state index in [0.29, 0.717) is 6.92 Å². The van der Waals surface area contributed by atoms with E-state index in [1.54, 1.807) is 0 Å². The van der Waals surface area contributed by atoms with E-state index >= 15 is 0 Å². The van der Waals surface area contributed by atoms with E-state index in [0.717, 1.165) is 0 Å². The molecule has 2 N–H and O–H groups in total. The van der Waals surface area contributed by atoms with Gasteiger partial charge in [0, 0.05) is 12.5 Å². The minimum Gasteiger partial charge on any atom is -0.421 e. The number of rotatable bonds is 4. The molecular weight excluding hydrogens is 431 g/mol. The second kappa shape index (κ2) is 7.16. The average molecular weight is 442 g/mol. The van der Waals surface area contributed by atoms with Gasteiger partial charge in [0.1, 0.15) is 5.75 Å². The van der Waals surface area contributed by atoms with E-state index in [1.807, 2.05) is 0 Å². The first-order valence-corrected chi connectivity index (χ1v) is 7.20. The molecule has 1 aromatic carbocycles. The Balaban J connectivity index is 3.90. The van der Waals surface area contributed by atoms with Crippen LogP contribution in [0.3, 0.4) is 0 Å². The standard InChI is InChI=1S/C15H11F9O5/c1-6(25)10(26)29-9-4-7(11(2,27)13(16,17)18)3-8(5-9)12(28,14(19,20)21)15(22,23)24/h3-5,27-28H,1-2H3. The van der Waals surface area contributed by atoms with Gasteiger partial charge in [0.15, 0.2) is 5.60 Å². The van der Waals surface area contributed by atoms with Crippen LogP contribution in [0.4, 0.5) is 39.5 Å². The number of carbonyl (C=O) groups excluding carboxylic acids is 2. The lowest BCUT2D eigenvalue weighted by Crippen LogP contribution is -2.54. The lowest BCUT2D eigenvalue weighted by atomic mass is 9.86. The summed E-state index contributed by atoms with van der Waals surface area (Å²) >= 11 is 0. The second-order valence-corrected chi connectivity index (χ2v) is 5.97. The number of carbonyl (C=O) groups is 2. The van der Waals surface area contributed by atoms with Crippen molar-refractivity contribution < 1.29 is 64.1 Å². The van der Waals surface area contributed by atoms with Gasteiger partial charge in [-0.25, -0.2) is 4.79 Å². The summed E-state index contributed by atoms with van der Waals surface area (Å²) in [4.78, 5) is 22.1. The molecule has 0 aliphatic heterocycles. The summed E-state index contributed by atoms with van der Waals surface area (Å²) in [6.07, 6.45) is -18.5. The van der Waals surface area contributed by atoms with Crippen LogP contribution in [0.25, 0.3) is 0 Å². The maximum atomic E-state index is 13.1. The summed E-state index contributed by atoms with van der Waals surface area (Å²) in [5, 5.41) is 19.0. The Bertz CT molecular complexity index is 792. The Morgan fingerprint density at radius 3 is 1.55 bits per heavy atom. The number of esters is 1. The molecule has 14 heteroatoms. The number of hydrogen-bond donors (Lipinski definition) is 2. The normalized spacial score (nSPS) is 15.6. The molecule has 0 saturated carbocycles. The lowest BCUT2D eigenvalue weighted by molar-refractivity contribution is -0.376. The largest absolute Gasteiger partial charge is 0.430 e. The first-order chi connectivity index (χ1) is 12.7. The third-order valence-electron chi connectivity index (χ3n) is 3.76. The summed E-state index contributed by atoms with van der Waals surface area (Å²) in [5.74, 6) is -4.60. The van der Waals surface area contributed by atoms with Crippen molar-refractivity contribution in [3.8, 4) is 5.75 Å².